The highest BCUT2D eigenvalue weighted by Crippen LogP contribution is 2.40. The second-order valence-corrected chi connectivity index (χ2v) is 8.11. The first-order valence-corrected chi connectivity index (χ1v) is 9.34. The summed E-state index contributed by atoms with van der Waals surface area (Å²) in [5, 5.41) is 7.02. The molecule has 28 heavy (non-hydrogen) atoms. The van der Waals surface area contributed by atoms with Crippen molar-refractivity contribution in [3.63, 3.8) is 0 Å². The van der Waals surface area contributed by atoms with Crippen molar-refractivity contribution < 1.29 is 9.32 Å². The van der Waals surface area contributed by atoms with E-state index in [1.807, 2.05) is 18.3 Å². The van der Waals surface area contributed by atoms with Gasteiger partial charge in [0, 0.05) is 29.7 Å². The summed E-state index contributed by atoms with van der Waals surface area (Å²) in [6, 6.07) is 3.65. The Morgan fingerprint density at radius 2 is 2.11 bits per heavy atom. The Hall–Kier alpha value is -3.09. The molecule has 0 aliphatic heterocycles. The minimum absolute atomic E-state index is 0.00421. The molecule has 1 aliphatic rings. The molecule has 0 bridgehead atoms. The minimum atomic E-state index is -0.179. The molecule has 4 rings (SSSR count). The van der Waals surface area contributed by atoms with E-state index in [0.717, 1.165) is 29.7 Å². The van der Waals surface area contributed by atoms with Gasteiger partial charge in [-0.3, -0.25) is 9.78 Å². The minimum Gasteiger partial charge on any atom is -0.361 e. The zero-order chi connectivity index (χ0) is 19.9. The van der Waals surface area contributed by atoms with E-state index in [1.54, 1.807) is 26.2 Å². The average molecular weight is 377 g/mol. The van der Waals surface area contributed by atoms with Crippen LogP contribution < -0.4 is 5.32 Å². The predicted molar refractivity (Wildman–Crippen MR) is 104 cm³/mol. The van der Waals surface area contributed by atoms with E-state index in [2.05, 4.69) is 34.3 Å². The van der Waals surface area contributed by atoms with Crippen LogP contribution in [0.25, 0.3) is 11.4 Å². The maximum Gasteiger partial charge on any atom is 0.257 e. The number of aryl methyl sites for hydroxylation is 2. The van der Waals surface area contributed by atoms with Crippen molar-refractivity contribution in [1.82, 2.24) is 25.4 Å². The molecule has 0 unspecified atom stereocenters. The Balaban J connectivity index is 1.68. The topological polar surface area (TPSA) is 93.8 Å². The number of fused-ring (bicyclic) bond motifs is 1. The molecule has 1 aliphatic carbocycles. The maximum absolute atomic E-state index is 12.9. The largest absolute Gasteiger partial charge is 0.361 e. The number of rotatable bonds is 3. The highest BCUT2D eigenvalue weighted by Gasteiger charge is 2.35. The van der Waals surface area contributed by atoms with E-state index in [1.165, 1.54) is 0 Å². The monoisotopic (exact) mass is 377 g/mol. The fraction of sp³-hybridized carbons (Fsp3) is 0.381. The lowest BCUT2D eigenvalue weighted by atomic mass is 9.74. The van der Waals surface area contributed by atoms with Gasteiger partial charge in [0.25, 0.3) is 5.91 Å². The molecule has 0 saturated carbocycles. The van der Waals surface area contributed by atoms with Crippen LogP contribution in [0.15, 0.2) is 35.2 Å². The Bertz CT molecular complexity index is 1010. The molecular formula is C21H23N5O2. The molecule has 1 atom stereocenters. The molecule has 144 valence electrons. The highest BCUT2D eigenvalue weighted by molar-refractivity contribution is 5.96. The van der Waals surface area contributed by atoms with Gasteiger partial charge in [-0.15, -0.1) is 0 Å². The van der Waals surface area contributed by atoms with Crippen molar-refractivity contribution in [2.24, 2.45) is 5.41 Å². The molecule has 7 heteroatoms. The molecule has 3 aromatic heterocycles. The van der Waals surface area contributed by atoms with Crippen LogP contribution in [0.5, 0.6) is 0 Å². The normalized spacial score (nSPS) is 17.8. The molecule has 3 heterocycles. The lowest BCUT2D eigenvalue weighted by molar-refractivity contribution is 0.0917. The Morgan fingerprint density at radius 1 is 1.29 bits per heavy atom. The predicted octanol–water partition coefficient (Wildman–Crippen LogP) is 3.59. The van der Waals surface area contributed by atoms with Gasteiger partial charge in [-0.05, 0) is 44.2 Å². The van der Waals surface area contributed by atoms with Gasteiger partial charge < -0.3 is 9.84 Å². The Morgan fingerprint density at radius 3 is 2.79 bits per heavy atom. The summed E-state index contributed by atoms with van der Waals surface area (Å²) in [6.45, 7) is 7.90. The number of nitrogens with zero attached hydrogens (tertiary/aromatic N) is 4. The SMILES string of the molecule is Cc1noc(C)c1C(=O)N[C@H]1CC(C)(C)Cc2nc(-c3cccnc3)ncc21. The standard InChI is InChI=1S/C21H23N5O2/c1-12-18(13(2)28-26-12)20(27)25-17-9-21(3,4)8-16-15(17)11-23-19(24-16)14-6-5-7-22-10-14/h5-7,10-11,17H,8-9H2,1-4H3,(H,25,27)/t17-/m0/s1. The van der Waals surface area contributed by atoms with Gasteiger partial charge >= 0.3 is 0 Å². The fourth-order valence-corrected chi connectivity index (χ4v) is 3.85. The van der Waals surface area contributed by atoms with Gasteiger partial charge in [0.05, 0.1) is 17.4 Å². The quantitative estimate of drug-likeness (QED) is 0.750. The molecule has 0 saturated heterocycles. The van der Waals surface area contributed by atoms with Crippen LogP contribution in [0.1, 0.15) is 59.4 Å². The first kappa shape index (κ1) is 18.3. The van der Waals surface area contributed by atoms with Gasteiger partial charge in [-0.25, -0.2) is 9.97 Å². The van der Waals surface area contributed by atoms with Crippen LogP contribution in [0.4, 0.5) is 0 Å². The summed E-state index contributed by atoms with van der Waals surface area (Å²) in [4.78, 5) is 26.3. The molecule has 0 spiro atoms. The van der Waals surface area contributed by atoms with Gasteiger partial charge in [-0.1, -0.05) is 19.0 Å². The van der Waals surface area contributed by atoms with E-state index < -0.39 is 0 Å². The Kier molecular flexibility index (Phi) is 4.45. The number of carbonyl (C=O) groups is 1. The summed E-state index contributed by atoms with van der Waals surface area (Å²) in [5.41, 5.74) is 3.90. The van der Waals surface area contributed by atoms with Crippen molar-refractivity contribution in [3.8, 4) is 11.4 Å². The number of carbonyl (C=O) groups excluding carboxylic acids is 1. The summed E-state index contributed by atoms with van der Waals surface area (Å²) >= 11 is 0. The number of amides is 1. The van der Waals surface area contributed by atoms with Crippen molar-refractivity contribution in [2.75, 3.05) is 0 Å². The maximum atomic E-state index is 12.9. The van der Waals surface area contributed by atoms with Crippen LogP contribution in [0.3, 0.4) is 0 Å². The van der Waals surface area contributed by atoms with Crippen LogP contribution in [-0.4, -0.2) is 26.0 Å². The third kappa shape index (κ3) is 3.40. The van der Waals surface area contributed by atoms with E-state index in [-0.39, 0.29) is 17.4 Å². The average Bonchev–Trinajstić information content (AvgIpc) is 2.99. The van der Waals surface area contributed by atoms with Crippen molar-refractivity contribution in [1.29, 1.82) is 0 Å². The fourth-order valence-electron chi connectivity index (χ4n) is 3.85. The van der Waals surface area contributed by atoms with E-state index in [4.69, 9.17) is 9.51 Å². The third-order valence-corrected chi connectivity index (χ3v) is 5.16. The van der Waals surface area contributed by atoms with Gasteiger partial charge in [0.15, 0.2) is 5.82 Å². The molecule has 1 N–H and O–H groups in total. The van der Waals surface area contributed by atoms with Crippen molar-refractivity contribution >= 4 is 5.91 Å². The van der Waals surface area contributed by atoms with Crippen molar-refractivity contribution in [2.45, 2.75) is 46.6 Å². The summed E-state index contributed by atoms with van der Waals surface area (Å²) < 4.78 is 5.14. The zero-order valence-electron chi connectivity index (χ0n) is 16.5. The first-order chi connectivity index (χ1) is 13.3. The highest BCUT2D eigenvalue weighted by atomic mass is 16.5. The Labute approximate surface area is 163 Å². The van der Waals surface area contributed by atoms with E-state index >= 15 is 0 Å². The van der Waals surface area contributed by atoms with Crippen LogP contribution in [0.2, 0.25) is 0 Å². The number of nitrogens with one attached hydrogen (secondary N) is 1. The summed E-state index contributed by atoms with van der Waals surface area (Å²) in [7, 11) is 0. The van der Waals surface area contributed by atoms with Crippen LogP contribution in [-0.2, 0) is 6.42 Å². The van der Waals surface area contributed by atoms with Crippen LogP contribution >= 0.6 is 0 Å². The van der Waals surface area contributed by atoms with Gasteiger partial charge in [0.1, 0.15) is 11.3 Å². The molecule has 7 nitrogen and oxygen atoms in total. The molecule has 0 fully saturated rings. The summed E-state index contributed by atoms with van der Waals surface area (Å²) in [5.74, 6) is 0.995. The lowest BCUT2D eigenvalue weighted by Crippen LogP contribution is -2.37. The zero-order valence-corrected chi connectivity index (χ0v) is 16.5. The summed E-state index contributed by atoms with van der Waals surface area (Å²) in [6.07, 6.45) is 6.95. The number of pyridine rings is 1. The second kappa shape index (κ2) is 6.82. The lowest BCUT2D eigenvalue weighted by Gasteiger charge is -2.36. The number of hydrogen-bond donors (Lipinski definition) is 1. The molecule has 0 aromatic carbocycles. The van der Waals surface area contributed by atoms with Gasteiger partial charge in [-0.2, -0.15) is 0 Å². The second-order valence-electron chi connectivity index (χ2n) is 8.11. The molecule has 0 radical (unpaired) electrons. The van der Waals surface area contributed by atoms with E-state index in [0.29, 0.717) is 22.8 Å². The molecule has 3 aromatic rings. The molecule has 1 amide bonds. The third-order valence-electron chi connectivity index (χ3n) is 5.16. The first-order valence-electron chi connectivity index (χ1n) is 9.34. The van der Waals surface area contributed by atoms with Gasteiger partial charge in [0.2, 0.25) is 0 Å². The molecular weight excluding hydrogens is 354 g/mol. The smallest absolute Gasteiger partial charge is 0.257 e. The number of aromatic nitrogens is 4. The number of hydrogen-bond acceptors (Lipinski definition) is 6. The van der Waals surface area contributed by atoms with E-state index in [9.17, 15) is 4.79 Å². The van der Waals surface area contributed by atoms with Crippen molar-refractivity contribution in [3.05, 3.63) is 59.0 Å². The van der Waals surface area contributed by atoms with Crippen LogP contribution in [0, 0.1) is 19.3 Å².